The van der Waals surface area contributed by atoms with Crippen molar-refractivity contribution in [2.75, 3.05) is 6.61 Å². The normalized spacial score (nSPS) is 10.7. The molecule has 1 aromatic carbocycles. The molecular weight excluding hydrogens is 266 g/mol. The molecule has 5 heteroatoms. The predicted molar refractivity (Wildman–Crippen MR) is 78.8 cm³/mol. The molecule has 0 amide bonds. The summed E-state index contributed by atoms with van der Waals surface area (Å²) in [7, 11) is 0. The molecule has 0 bridgehead atoms. The molecule has 0 saturated heterocycles. The van der Waals surface area contributed by atoms with Crippen LogP contribution < -0.4 is 0 Å². The fraction of sp³-hybridized carbons (Fsp3) is 0.188. The van der Waals surface area contributed by atoms with Crippen molar-refractivity contribution in [3.05, 3.63) is 54.5 Å². The Bertz CT molecular complexity index is 766. The number of fused-ring (bicyclic) bond motifs is 1. The minimum atomic E-state index is -0.263. The molecule has 0 aliphatic carbocycles. The summed E-state index contributed by atoms with van der Waals surface area (Å²) < 4.78 is 6.64. The number of hydrogen-bond donors (Lipinski definition) is 0. The summed E-state index contributed by atoms with van der Waals surface area (Å²) >= 11 is 0. The van der Waals surface area contributed by atoms with Gasteiger partial charge < -0.3 is 4.74 Å². The lowest BCUT2D eigenvalue weighted by Gasteiger charge is -2.03. The van der Waals surface area contributed by atoms with Crippen LogP contribution >= 0.6 is 0 Å². The molecule has 5 nitrogen and oxygen atoms in total. The van der Waals surface area contributed by atoms with Gasteiger partial charge in [0.1, 0.15) is 0 Å². The van der Waals surface area contributed by atoms with E-state index < -0.39 is 0 Å². The summed E-state index contributed by atoms with van der Waals surface area (Å²) in [6.07, 6.45) is 5.55. The summed E-state index contributed by atoms with van der Waals surface area (Å²) in [6, 6.07) is 9.97. The number of hydrogen-bond acceptors (Lipinski definition) is 4. The monoisotopic (exact) mass is 281 g/mol. The number of carbonyl (C=O) groups excluding carboxylic acids is 1. The molecule has 106 valence electrons. The van der Waals surface area contributed by atoms with Crippen LogP contribution in [0.4, 0.5) is 0 Å². The second-order valence-electron chi connectivity index (χ2n) is 4.63. The third kappa shape index (κ3) is 2.76. The van der Waals surface area contributed by atoms with E-state index in [9.17, 15) is 4.79 Å². The van der Waals surface area contributed by atoms with Crippen LogP contribution in [-0.4, -0.2) is 27.2 Å². The molecule has 0 saturated carbocycles. The second kappa shape index (κ2) is 5.75. The van der Waals surface area contributed by atoms with Crippen LogP contribution in [0.2, 0.25) is 0 Å². The van der Waals surface area contributed by atoms with Crippen molar-refractivity contribution in [2.24, 2.45) is 0 Å². The van der Waals surface area contributed by atoms with Gasteiger partial charge >= 0.3 is 5.97 Å². The maximum absolute atomic E-state index is 11.6. The highest BCUT2D eigenvalue weighted by Gasteiger charge is 2.11. The van der Waals surface area contributed by atoms with Gasteiger partial charge in [0.15, 0.2) is 5.65 Å². The van der Waals surface area contributed by atoms with Gasteiger partial charge in [-0.3, -0.25) is 4.79 Å². The number of carbonyl (C=O) groups is 1. The Balaban J connectivity index is 1.93. The Morgan fingerprint density at radius 1 is 1.19 bits per heavy atom. The highest BCUT2D eigenvalue weighted by Crippen LogP contribution is 2.19. The van der Waals surface area contributed by atoms with Crippen molar-refractivity contribution < 1.29 is 9.53 Å². The van der Waals surface area contributed by atoms with E-state index in [-0.39, 0.29) is 12.4 Å². The number of benzene rings is 1. The van der Waals surface area contributed by atoms with Gasteiger partial charge in [0, 0.05) is 23.5 Å². The maximum Gasteiger partial charge on any atom is 0.310 e. The minimum absolute atomic E-state index is 0.190. The van der Waals surface area contributed by atoms with Crippen molar-refractivity contribution in [1.29, 1.82) is 0 Å². The topological polar surface area (TPSA) is 56.5 Å². The number of rotatable bonds is 4. The quantitative estimate of drug-likeness (QED) is 0.689. The van der Waals surface area contributed by atoms with E-state index in [1.807, 2.05) is 36.5 Å². The molecule has 0 aliphatic rings. The van der Waals surface area contributed by atoms with Crippen molar-refractivity contribution in [1.82, 2.24) is 14.6 Å². The zero-order valence-electron chi connectivity index (χ0n) is 11.7. The highest BCUT2D eigenvalue weighted by molar-refractivity contribution is 5.75. The summed E-state index contributed by atoms with van der Waals surface area (Å²) in [5.74, 6) is -0.263. The Labute approximate surface area is 122 Å². The molecule has 0 unspecified atom stereocenters. The number of nitrogens with zero attached hydrogens (tertiary/aromatic N) is 3. The lowest BCUT2D eigenvalue weighted by atomic mass is 10.1. The molecule has 21 heavy (non-hydrogen) atoms. The van der Waals surface area contributed by atoms with Gasteiger partial charge in [0.05, 0.1) is 19.2 Å². The Morgan fingerprint density at radius 2 is 2.00 bits per heavy atom. The van der Waals surface area contributed by atoms with Crippen LogP contribution in [0.25, 0.3) is 16.8 Å². The van der Waals surface area contributed by atoms with Gasteiger partial charge in [-0.15, -0.1) is 0 Å². The van der Waals surface area contributed by atoms with E-state index in [0.29, 0.717) is 12.3 Å². The fourth-order valence-corrected chi connectivity index (χ4v) is 2.20. The molecule has 3 aromatic rings. The van der Waals surface area contributed by atoms with E-state index >= 15 is 0 Å². The molecule has 0 atom stereocenters. The first kappa shape index (κ1) is 13.3. The number of esters is 1. The minimum Gasteiger partial charge on any atom is -0.466 e. The molecule has 2 aromatic heterocycles. The molecule has 3 rings (SSSR count). The van der Waals surface area contributed by atoms with E-state index in [0.717, 1.165) is 16.7 Å². The zero-order chi connectivity index (χ0) is 14.7. The van der Waals surface area contributed by atoms with Gasteiger partial charge in [-0.25, -0.2) is 9.50 Å². The standard InChI is InChI=1S/C16H15N3O2/c1-2-21-15(20)8-13-10-18-19-11-14(9-17-16(13)19)12-6-4-3-5-7-12/h3-7,9-11H,2,8H2,1H3. The molecule has 0 spiro atoms. The Hall–Kier alpha value is -2.69. The van der Waals surface area contributed by atoms with E-state index in [2.05, 4.69) is 10.1 Å². The van der Waals surface area contributed by atoms with E-state index in [1.54, 1.807) is 23.8 Å². The largest absolute Gasteiger partial charge is 0.466 e. The zero-order valence-corrected chi connectivity index (χ0v) is 11.7. The van der Waals surface area contributed by atoms with Crippen LogP contribution in [-0.2, 0) is 16.0 Å². The number of aromatic nitrogens is 3. The van der Waals surface area contributed by atoms with Gasteiger partial charge in [-0.05, 0) is 12.5 Å². The van der Waals surface area contributed by atoms with E-state index in [4.69, 9.17) is 4.74 Å². The molecule has 0 aliphatic heterocycles. The van der Waals surface area contributed by atoms with Crippen LogP contribution in [0.3, 0.4) is 0 Å². The van der Waals surface area contributed by atoms with Gasteiger partial charge in [-0.1, -0.05) is 30.3 Å². The first-order valence-corrected chi connectivity index (χ1v) is 6.81. The van der Waals surface area contributed by atoms with Crippen LogP contribution in [0.1, 0.15) is 12.5 Å². The Morgan fingerprint density at radius 3 is 2.76 bits per heavy atom. The average molecular weight is 281 g/mol. The summed E-state index contributed by atoms with van der Waals surface area (Å²) in [5, 5.41) is 4.26. The first-order valence-electron chi connectivity index (χ1n) is 6.81. The highest BCUT2D eigenvalue weighted by atomic mass is 16.5. The summed E-state index contributed by atoms with van der Waals surface area (Å²) in [6.45, 7) is 2.17. The summed E-state index contributed by atoms with van der Waals surface area (Å²) in [4.78, 5) is 16.0. The van der Waals surface area contributed by atoms with Crippen molar-refractivity contribution >= 4 is 11.6 Å². The molecular formula is C16H15N3O2. The average Bonchev–Trinajstić information content (AvgIpc) is 2.91. The maximum atomic E-state index is 11.6. The molecule has 2 heterocycles. The number of ether oxygens (including phenoxy) is 1. The first-order chi connectivity index (χ1) is 10.3. The third-order valence-electron chi connectivity index (χ3n) is 3.18. The van der Waals surface area contributed by atoms with Crippen molar-refractivity contribution in [3.8, 4) is 11.1 Å². The fourth-order valence-electron chi connectivity index (χ4n) is 2.20. The summed E-state index contributed by atoms with van der Waals surface area (Å²) in [5.41, 5.74) is 3.51. The van der Waals surface area contributed by atoms with E-state index in [1.165, 1.54) is 0 Å². The van der Waals surface area contributed by atoms with Gasteiger partial charge in [-0.2, -0.15) is 5.10 Å². The SMILES string of the molecule is CCOC(=O)Cc1cnn2cc(-c3ccccc3)cnc12. The van der Waals surface area contributed by atoms with Crippen LogP contribution in [0.15, 0.2) is 48.9 Å². The Kier molecular flexibility index (Phi) is 3.64. The van der Waals surface area contributed by atoms with Crippen LogP contribution in [0.5, 0.6) is 0 Å². The second-order valence-corrected chi connectivity index (χ2v) is 4.63. The van der Waals surface area contributed by atoms with Crippen molar-refractivity contribution in [3.63, 3.8) is 0 Å². The smallest absolute Gasteiger partial charge is 0.310 e. The van der Waals surface area contributed by atoms with Crippen molar-refractivity contribution in [2.45, 2.75) is 13.3 Å². The lowest BCUT2D eigenvalue weighted by molar-refractivity contribution is -0.142. The third-order valence-corrected chi connectivity index (χ3v) is 3.18. The van der Waals surface area contributed by atoms with Crippen LogP contribution in [0, 0.1) is 0 Å². The predicted octanol–water partition coefficient (Wildman–Crippen LogP) is 2.50. The molecule has 0 radical (unpaired) electrons. The molecule has 0 N–H and O–H groups in total. The van der Waals surface area contributed by atoms with Gasteiger partial charge in [0.2, 0.25) is 0 Å². The van der Waals surface area contributed by atoms with Gasteiger partial charge in [0.25, 0.3) is 0 Å². The molecule has 0 fully saturated rings. The lowest BCUT2D eigenvalue weighted by Crippen LogP contribution is -2.07.